The van der Waals surface area contributed by atoms with E-state index in [2.05, 4.69) is 34.9 Å². The van der Waals surface area contributed by atoms with Crippen LogP contribution in [0.4, 0.5) is 5.82 Å². The number of nitrogen functional groups attached to an aromatic ring is 1. The molecule has 16 nitrogen and oxygen atoms in total. The highest BCUT2D eigenvalue weighted by Gasteiger charge is 2.72. The van der Waals surface area contributed by atoms with Crippen molar-refractivity contribution in [2.24, 2.45) is 0 Å². The first-order valence-corrected chi connectivity index (χ1v) is 6.45. The molecule has 0 saturated carbocycles. The number of hydrogen-bond acceptors (Lipinski definition) is 13. The summed E-state index contributed by atoms with van der Waals surface area (Å²) < 4.78 is 9.67. The van der Waals surface area contributed by atoms with Crippen LogP contribution in [0.5, 0.6) is 0 Å². The Bertz CT molecular complexity index is 1010. The fraction of sp³-hybridized carbons (Fsp3) is 0.333. The number of anilines is 1. The number of esters is 1. The van der Waals surface area contributed by atoms with Gasteiger partial charge in [0.2, 0.25) is 16.9 Å². The van der Waals surface area contributed by atoms with Gasteiger partial charge in [-0.1, -0.05) is 0 Å². The van der Waals surface area contributed by atoms with Gasteiger partial charge in [-0.05, 0) is 17.2 Å². The Morgan fingerprint density at radius 1 is 1.28 bits per heavy atom. The Morgan fingerprint density at radius 2 is 1.96 bits per heavy atom. The van der Waals surface area contributed by atoms with Crippen molar-refractivity contribution in [3.63, 3.8) is 0 Å². The number of fused-ring (bicyclic) bond motifs is 3. The van der Waals surface area contributed by atoms with Gasteiger partial charge < -0.3 is 10.5 Å². The van der Waals surface area contributed by atoms with Crippen LogP contribution >= 0.6 is 0 Å². The van der Waals surface area contributed by atoms with Gasteiger partial charge in [-0.2, -0.15) is 0 Å². The number of hydrogen-bond donors (Lipinski definition) is 1. The first kappa shape index (κ1) is 15.9. The van der Waals surface area contributed by atoms with Crippen molar-refractivity contribution >= 4 is 28.7 Å². The lowest BCUT2D eigenvalue weighted by Gasteiger charge is -2.13. The zero-order valence-corrected chi connectivity index (χ0v) is 12.2. The Labute approximate surface area is 134 Å². The number of rotatable bonds is 5. The van der Waals surface area contributed by atoms with Gasteiger partial charge in [-0.15, -0.1) is 10.2 Å². The smallest absolute Gasteiger partial charge is 0.455 e. The molecule has 0 aliphatic carbocycles. The minimum atomic E-state index is -3.60. The van der Waals surface area contributed by atoms with Crippen LogP contribution in [0, 0.1) is 20.2 Å². The van der Waals surface area contributed by atoms with Crippen LogP contribution < -0.4 is 5.73 Å². The van der Waals surface area contributed by atoms with Crippen LogP contribution in [-0.2, 0) is 15.2 Å². The molecule has 2 N–H and O–H groups in total. The molecule has 3 heterocycles. The first-order chi connectivity index (χ1) is 11.9. The van der Waals surface area contributed by atoms with E-state index in [0.29, 0.717) is 4.40 Å². The normalized spacial score (nSPS) is 11.7. The number of aromatic nitrogens is 6. The molecule has 3 aromatic heterocycles. The summed E-state index contributed by atoms with van der Waals surface area (Å²) in [5.41, 5.74) is 1.18. The molecule has 130 valence electrons. The Balaban J connectivity index is 2.47. The second-order valence-electron chi connectivity index (χ2n) is 4.50. The Morgan fingerprint density at radius 3 is 2.56 bits per heavy atom. The van der Waals surface area contributed by atoms with Crippen LogP contribution in [0.2, 0.25) is 0 Å². The van der Waals surface area contributed by atoms with Crippen molar-refractivity contribution in [3.8, 4) is 0 Å². The average Bonchev–Trinajstić information content (AvgIpc) is 3.14. The second-order valence-corrected chi connectivity index (χ2v) is 4.50. The van der Waals surface area contributed by atoms with Gasteiger partial charge in [0, 0.05) is 0 Å². The van der Waals surface area contributed by atoms with Crippen LogP contribution in [0.3, 0.4) is 0 Å². The number of nitrogens with two attached hydrogens (primary N) is 1. The Hall–Kier alpha value is -3.98. The molecule has 3 rings (SSSR count). The highest BCUT2D eigenvalue weighted by Crippen LogP contribution is 2.29. The quantitative estimate of drug-likeness (QED) is 0.239. The zero-order chi connectivity index (χ0) is 18.4. The van der Waals surface area contributed by atoms with Crippen LogP contribution in [0.25, 0.3) is 16.9 Å². The molecule has 0 radical (unpaired) electrons. The third-order valence-corrected chi connectivity index (χ3v) is 3.19. The summed E-state index contributed by atoms with van der Waals surface area (Å²) >= 11 is 0. The molecule has 0 fully saturated rings. The lowest BCUT2D eigenvalue weighted by atomic mass is 10.1. The standard InChI is InChI=1S/C9H7N9O7/c1-2-24-8(19)9(17(20)21,18(22)23)7-13-12-5-3(10)11-4-6(16(5)7)15-25-14-4/h2H2,1H3,(H2,10,11,14). The summed E-state index contributed by atoms with van der Waals surface area (Å²) in [7, 11) is 0. The van der Waals surface area contributed by atoms with E-state index in [-0.39, 0.29) is 29.4 Å². The molecule has 0 unspecified atom stereocenters. The molecule has 16 heteroatoms. The summed E-state index contributed by atoms with van der Waals surface area (Å²) in [6.07, 6.45) is 0. The van der Waals surface area contributed by atoms with E-state index in [1.807, 2.05) is 0 Å². The van der Waals surface area contributed by atoms with Crippen molar-refractivity contribution < 1.29 is 24.0 Å². The summed E-state index contributed by atoms with van der Waals surface area (Å²) in [4.78, 5) is 36.1. The molecule has 0 aromatic carbocycles. The van der Waals surface area contributed by atoms with Crippen molar-refractivity contribution in [1.29, 1.82) is 0 Å². The van der Waals surface area contributed by atoms with Crippen molar-refractivity contribution in [1.82, 2.24) is 29.9 Å². The predicted molar refractivity (Wildman–Crippen MR) is 72.9 cm³/mol. The molecule has 0 amide bonds. The summed E-state index contributed by atoms with van der Waals surface area (Å²) in [6, 6.07) is 0. The molecule has 0 spiro atoms. The maximum atomic E-state index is 12.2. The lowest BCUT2D eigenvalue weighted by molar-refractivity contribution is -0.792. The lowest BCUT2D eigenvalue weighted by Crippen LogP contribution is -2.52. The third kappa shape index (κ3) is 1.93. The summed E-state index contributed by atoms with van der Waals surface area (Å²) in [5, 5.41) is 36.9. The third-order valence-electron chi connectivity index (χ3n) is 3.19. The SMILES string of the molecule is CCOC(=O)C(c1nnc2c(N)nc3nonc3n12)([N+](=O)[O-])[N+](=O)[O-]. The van der Waals surface area contributed by atoms with Gasteiger partial charge in [0.05, 0.1) is 6.61 Å². The number of nitro groups is 2. The van der Waals surface area contributed by atoms with Crippen LogP contribution in [0.1, 0.15) is 12.7 Å². The van der Waals surface area contributed by atoms with Crippen LogP contribution in [0.15, 0.2) is 4.63 Å². The summed E-state index contributed by atoms with van der Waals surface area (Å²) in [6.45, 7) is 0.982. The topological polar surface area (TPSA) is 221 Å². The highest BCUT2D eigenvalue weighted by molar-refractivity contribution is 5.81. The van der Waals surface area contributed by atoms with Crippen molar-refractivity contribution in [2.75, 3.05) is 12.3 Å². The Kier molecular flexibility index (Phi) is 3.36. The molecular weight excluding hydrogens is 346 g/mol. The number of nitrogens with zero attached hydrogens (tertiary/aromatic N) is 8. The van der Waals surface area contributed by atoms with E-state index in [1.54, 1.807) is 0 Å². The van der Waals surface area contributed by atoms with E-state index in [1.165, 1.54) is 6.92 Å². The van der Waals surface area contributed by atoms with Gasteiger partial charge in [-0.3, -0.25) is 20.2 Å². The molecule has 0 bridgehead atoms. The van der Waals surface area contributed by atoms with E-state index in [4.69, 9.17) is 5.73 Å². The van der Waals surface area contributed by atoms with Gasteiger partial charge in [-0.25, -0.2) is 18.8 Å². The number of carbonyl (C=O) groups excluding carboxylic acids is 1. The first-order valence-electron chi connectivity index (χ1n) is 6.45. The van der Waals surface area contributed by atoms with Crippen molar-refractivity contribution in [2.45, 2.75) is 12.6 Å². The van der Waals surface area contributed by atoms with E-state index in [9.17, 15) is 25.0 Å². The van der Waals surface area contributed by atoms with E-state index in [0.717, 1.165) is 0 Å². The fourth-order valence-corrected chi connectivity index (χ4v) is 2.13. The van der Waals surface area contributed by atoms with Gasteiger partial charge in [0.15, 0.2) is 5.82 Å². The van der Waals surface area contributed by atoms with Crippen molar-refractivity contribution in [3.05, 3.63) is 26.1 Å². The molecule has 0 aliphatic rings. The van der Waals surface area contributed by atoms with Gasteiger partial charge in [0.25, 0.3) is 0 Å². The molecule has 3 aromatic rings. The molecule has 0 saturated heterocycles. The molecular formula is C9H7N9O7. The molecule has 0 atom stereocenters. The highest BCUT2D eigenvalue weighted by atomic mass is 16.7. The fourth-order valence-electron chi connectivity index (χ4n) is 2.13. The predicted octanol–water partition coefficient (Wildman–Crippen LogP) is -1.49. The minimum Gasteiger partial charge on any atom is -0.455 e. The van der Waals surface area contributed by atoms with E-state index >= 15 is 0 Å². The monoisotopic (exact) mass is 353 g/mol. The largest absolute Gasteiger partial charge is 0.613 e. The molecule has 0 aliphatic heterocycles. The van der Waals surface area contributed by atoms with E-state index < -0.39 is 27.3 Å². The van der Waals surface area contributed by atoms with Crippen LogP contribution in [-0.4, -0.2) is 52.3 Å². The number of carbonyl (C=O) groups is 1. The average molecular weight is 353 g/mol. The summed E-state index contributed by atoms with van der Waals surface area (Å²) in [5.74, 6) is -3.09. The molecule has 25 heavy (non-hydrogen) atoms. The second kappa shape index (κ2) is 5.28. The zero-order valence-electron chi connectivity index (χ0n) is 12.2. The maximum Gasteiger partial charge on any atom is 0.613 e. The maximum absolute atomic E-state index is 12.2. The van der Waals surface area contributed by atoms with Gasteiger partial charge >= 0.3 is 17.5 Å². The van der Waals surface area contributed by atoms with Gasteiger partial charge in [0.1, 0.15) is 9.85 Å². The number of ether oxygens (including phenoxy) is 1. The minimum absolute atomic E-state index is 0.226.